The van der Waals surface area contributed by atoms with Gasteiger partial charge in [-0.05, 0) is 31.0 Å². The average molecular weight is 419 g/mol. The van der Waals surface area contributed by atoms with E-state index >= 15 is 0 Å². The molecule has 6 heteroatoms. The molecule has 1 heterocycles. The summed E-state index contributed by atoms with van der Waals surface area (Å²) >= 11 is 0. The molecule has 22 heavy (non-hydrogen) atoms. The van der Waals surface area contributed by atoms with Crippen molar-refractivity contribution in [2.75, 3.05) is 33.4 Å². The Bertz CT molecular complexity index is 482. The lowest BCUT2D eigenvalue weighted by Gasteiger charge is -2.21. The maximum atomic E-state index is 9.50. The summed E-state index contributed by atoms with van der Waals surface area (Å²) in [5.41, 5.74) is 1.01. The van der Waals surface area contributed by atoms with Crippen LogP contribution in [0.5, 0.6) is 5.75 Å². The number of phenols is 1. The number of rotatable bonds is 5. The first-order chi connectivity index (χ1) is 10.2. The quantitative estimate of drug-likeness (QED) is 0.438. The molecular formula is C16H26IN3O2. The maximum Gasteiger partial charge on any atom is 0.194 e. The SMILES string of the molecule is CCNC(=NCc1cccc(O)c1)N1CCC(COC)C1.I. The second-order valence-corrected chi connectivity index (χ2v) is 5.40. The molecule has 0 bridgehead atoms. The Hall–Kier alpha value is -1.02. The summed E-state index contributed by atoms with van der Waals surface area (Å²) in [6.45, 7) is 6.31. The lowest BCUT2D eigenvalue weighted by molar-refractivity contribution is 0.157. The van der Waals surface area contributed by atoms with Gasteiger partial charge in [-0.25, -0.2) is 4.99 Å². The smallest absolute Gasteiger partial charge is 0.194 e. The summed E-state index contributed by atoms with van der Waals surface area (Å²) in [5.74, 6) is 1.81. The highest BCUT2D eigenvalue weighted by Gasteiger charge is 2.24. The molecule has 0 aliphatic carbocycles. The number of ether oxygens (including phenoxy) is 1. The van der Waals surface area contributed by atoms with Gasteiger partial charge in [0.1, 0.15) is 5.75 Å². The number of phenolic OH excluding ortho intramolecular Hbond substituents is 1. The number of benzene rings is 1. The Morgan fingerprint density at radius 1 is 1.50 bits per heavy atom. The van der Waals surface area contributed by atoms with Crippen molar-refractivity contribution in [1.82, 2.24) is 10.2 Å². The van der Waals surface area contributed by atoms with Gasteiger partial charge in [0.15, 0.2) is 5.96 Å². The van der Waals surface area contributed by atoms with Crippen LogP contribution in [0.4, 0.5) is 0 Å². The largest absolute Gasteiger partial charge is 0.508 e. The number of nitrogens with zero attached hydrogens (tertiary/aromatic N) is 2. The molecule has 1 saturated heterocycles. The standard InChI is InChI=1S/C16H25N3O2.HI/c1-3-17-16(19-8-7-14(11-19)12-21-2)18-10-13-5-4-6-15(20)9-13;/h4-6,9,14,20H,3,7-8,10-12H2,1-2H3,(H,17,18);1H. The molecule has 1 unspecified atom stereocenters. The van der Waals surface area contributed by atoms with Crippen LogP contribution in [0.1, 0.15) is 18.9 Å². The molecule has 0 aromatic heterocycles. The predicted molar refractivity (Wildman–Crippen MR) is 99.9 cm³/mol. The van der Waals surface area contributed by atoms with Crippen molar-refractivity contribution < 1.29 is 9.84 Å². The van der Waals surface area contributed by atoms with Crippen LogP contribution < -0.4 is 5.32 Å². The number of halogens is 1. The molecule has 0 radical (unpaired) electrons. The van der Waals surface area contributed by atoms with E-state index in [9.17, 15) is 5.11 Å². The lowest BCUT2D eigenvalue weighted by atomic mass is 10.1. The van der Waals surface area contributed by atoms with Crippen molar-refractivity contribution in [3.63, 3.8) is 0 Å². The highest BCUT2D eigenvalue weighted by Crippen LogP contribution is 2.17. The number of guanidine groups is 1. The third-order valence-corrected chi connectivity index (χ3v) is 3.64. The Morgan fingerprint density at radius 3 is 3.00 bits per heavy atom. The van der Waals surface area contributed by atoms with Crippen molar-refractivity contribution in [2.24, 2.45) is 10.9 Å². The number of nitrogens with one attached hydrogen (secondary N) is 1. The van der Waals surface area contributed by atoms with E-state index in [0.29, 0.717) is 12.5 Å². The van der Waals surface area contributed by atoms with E-state index in [4.69, 9.17) is 4.74 Å². The Morgan fingerprint density at radius 2 is 2.32 bits per heavy atom. The molecule has 5 nitrogen and oxygen atoms in total. The van der Waals surface area contributed by atoms with Crippen molar-refractivity contribution in [1.29, 1.82) is 0 Å². The molecule has 124 valence electrons. The van der Waals surface area contributed by atoms with Gasteiger partial charge in [-0.15, -0.1) is 24.0 Å². The number of aromatic hydroxyl groups is 1. The van der Waals surface area contributed by atoms with Gasteiger partial charge in [0.2, 0.25) is 0 Å². The highest BCUT2D eigenvalue weighted by molar-refractivity contribution is 14.0. The second kappa shape index (κ2) is 9.89. The van der Waals surface area contributed by atoms with Crippen LogP contribution in [0.2, 0.25) is 0 Å². The number of methoxy groups -OCH3 is 1. The molecular weight excluding hydrogens is 393 g/mol. The van der Waals surface area contributed by atoms with Gasteiger partial charge >= 0.3 is 0 Å². The maximum absolute atomic E-state index is 9.50. The zero-order chi connectivity index (χ0) is 15.1. The highest BCUT2D eigenvalue weighted by atomic mass is 127. The van der Waals surface area contributed by atoms with Crippen molar-refractivity contribution >= 4 is 29.9 Å². The van der Waals surface area contributed by atoms with E-state index in [1.165, 1.54) is 0 Å². The van der Waals surface area contributed by atoms with Gasteiger partial charge in [0, 0.05) is 32.7 Å². The number of hydrogen-bond donors (Lipinski definition) is 2. The lowest BCUT2D eigenvalue weighted by Crippen LogP contribution is -2.40. The topological polar surface area (TPSA) is 57.1 Å². The van der Waals surface area contributed by atoms with Gasteiger partial charge in [0.25, 0.3) is 0 Å². The average Bonchev–Trinajstić information content (AvgIpc) is 2.92. The summed E-state index contributed by atoms with van der Waals surface area (Å²) < 4.78 is 5.24. The first-order valence-corrected chi connectivity index (χ1v) is 7.53. The third kappa shape index (κ3) is 5.64. The van der Waals surface area contributed by atoms with Crippen LogP contribution in [0.15, 0.2) is 29.3 Å². The fourth-order valence-corrected chi connectivity index (χ4v) is 2.64. The Kier molecular flexibility index (Phi) is 8.55. The van der Waals surface area contributed by atoms with Crippen LogP contribution in [0.3, 0.4) is 0 Å². The molecule has 0 spiro atoms. The molecule has 1 aliphatic rings. The predicted octanol–water partition coefficient (Wildman–Crippen LogP) is 2.44. The molecule has 2 rings (SSSR count). The molecule has 0 saturated carbocycles. The van der Waals surface area contributed by atoms with Crippen molar-refractivity contribution in [2.45, 2.75) is 19.9 Å². The van der Waals surface area contributed by atoms with Crippen LogP contribution in [0.25, 0.3) is 0 Å². The normalized spacial score (nSPS) is 18.2. The molecule has 1 aliphatic heterocycles. The van der Waals surface area contributed by atoms with Crippen LogP contribution in [0, 0.1) is 5.92 Å². The Labute approximate surface area is 149 Å². The number of likely N-dealkylation sites (tertiary alicyclic amines) is 1. The van der Waals surface area contributed by atoms with E-state index < -0.39 is 0 Å². The van der Waals surface area contributed by atoms with Crippen LogP contribution in [-0.2, 0) is 11.3 Å². The summed E-state index contributed by atoms with van der Waals surface area (Å²) in [6, 6.07) is 7.25. The molecule has 1 fully saturated rings. The van der Waals surface area contributed by atoms with Gasteiger partial charge in [-0.2, -0.15) is 0 Å². The van der Waals surface area contributed by atoms with E-state index in [-0.39, 0.29) is 29.7 Å². The van der Waals surface area contributed by atoms with E-state index in [1.807, 2.05) is 12.1 Å². The fraction of sp³-hybridized carbons (Fsp3) is 0.562. The van der Waals surface area contributed by atoms with E-state index in [1.54, 1.807) is 19.2 Å². The van der Waals surface area contributed by atoms with E-state index in [2.05, 4.69) is 22.1 Å². The summed E-state index contributed by atoms with van der Waals surface area (Å²) in [5, 5.41) is 12.8. The van der Waals surface area contributed by atoms with Crippen LogP contribution >= 0.6 is 24.0 Å². The Balaban J connectivity index is 0.00000242. The fourth-order valence-electron chi connectivity index (χ4n) is 2.64. The van der Waals surface area contributed by atoms with Crippen LogP contribution in [-0.4, -0.2) is 49.3 Å². The summed E-state index contributed by atoms with van der Waals surface area (Å²) in [6.07, 6.45) is 1.14. The second-order valence-electron chi connectivity index (χ2n) is 5.40. The van der Waals surface area contributed by atoms with Gasteiger partial charge in [-0.1, -0.05) is 12.1 Å². The van der Waals surface area contributed by atoms with Gasteiger partial charge in [0.05, 0.1) is 13.2 Å². The third-order valence-electron chi connectivity index (χ3n) is 3.64. The number of hydrogen-bond acceptors (Lipinski definition) is 3. The molecule has 1 aromatic carbocycles. The summed E-state index contributed by atoms with van der Waals surface area (Å²) in [4.78, 5) is 6.97. The zero-order valence-electron chi connectivity index (χ0n) is 13.3. The van der Waals surface area contributed by atoms with Crippen molar-refractivity contribution in [3.8, 4) is 5.75 Å². The minimum atomic E-state index is 0. The van der Waals surface area contributed by atoms with E-state index in [0.717, 1.165) is 44.2 Å². The monoisotopic (exact) mass is 419 g/mol. The molecule has 1 aromatic rings. The van der Waals surface area contributed by atoms with Gasteiger partial charge in [-0.3, -0.25) is 0 Å². The first kappa shape index (κ1) is 19.0. The summed E-state index contributed by atoms with van der Waals surface area (Å²) in [7, 11) is 1.75. The first-order valence-electron chi connectivity index (χ1n) is 7.53. The minimum absolute atomic E-state index is 0. The van der Waals surface area contributed by atoms with Crippen molar-refractivity contribution in [3.05, 3.63) is 29.8 Å². The minimum Gasteiger partial charge on any atom is -0.508 e. The molecule has 0 amide bonds. The molecule has 2 N–H and O–H groups in total. The zero-order valence-corrected chi connectivity index (χ0v) is 15.6. The van der Waals surface area contributed by atoms with Gasteiger partial charge < -0.3 is 20.1 Å². The molecule has 1 atom stereocenters. The number of aliphatic imine (C=N–C) groups is 1.